The van der Waals surface area contributed by atoms with Gasteiger partial charge in [0, 0.05) is 24.5 Å². The van der Waals surface area contributed by atoms with Crippen LogP contribution in [0.5, 0.6) is 0 Å². The molecule has 1 unspecified atom stereocenters. The fraction of sp³-hybridized carbons (Fsp3) is 0.375. The Morgan fingerprint density at radius 3 is 3.08 bits per heavy atom. The molecule has 1 rings (SSSR count). The fourth-order valence-electron chi connectivity index (χ4n) is 0.796. The standard InChI is InChI=1S/C8H13N3O/c1-6(12)5-11-8-4-7(9)2-3-10-8/h2-4,6,12H,5H2,1H3,(H3,9,10,11). The number of hydrogen-bond acceptors (Lipinski definition) is 4. The highest BCUT2D eigenvalue weighted by molar-refractivity contribution is 5.48. The molecule has 4 heteroatoms. The minimum atomic E-state index is -0.381. The van der Waals surface area contributed by atoms with Crippen molar-refractivity contribution >= 4 is 11.5 Å². The summed E-state index contributed by atoms with van der Waals surface area (Å²) in [6, 6.07) is 3.44. The van der Waals surface area contributed by atoms with Crippen LogP contribution in [0.1, 0.15) is 6.92 Å². The molecule has 0 saturated carbocycles. The smallest absolute Gasteiger partial charge is 0.128 e. The molecule has 0 aliphatic carbocycles. The van der Waals surface area contributed by atoms with Gasteiger partial charge in [0.2, 0.25) is 0 Å². The molecule has 66 valence electrons. The number of aliphatic hydroxyl groups is 1. The number of nitrogens with two attached hydrogens (primary N) is 1. The summed E-state index contributed by atoms with van der Waals surface area (Å²) in [4.78, 5) is 4.01. The second-order valence-electron chi connectivity index (χ2n) is 2.70. The van der Waals surface area contributed by atoms with Gasteiger partial charge in [0.05, 0.1) is 6.10 Å². The first-order valence-electron chi connectivity index (χ1n) is 3.82. The molecule has 4 nitrogen and oxygen atoms in total. The topological polar surface area (TPSA) is 71.2 Å². The van der Waals surface area contributed by atoms with Gasteiger partial charge in [-0.05, 0) is 13.0 Å². The van der Waals surface area contributed by atoms with Gasteiger partial charge in [0.25, 0.3) is 0 Å². The van der Waals surface area contributed by atoms with E-state index in [0.717, 1.165) is 0 Å². The van der Waals surface area contributed by atoms with Crippen molar-refractivity contribution in [1.29, 1.82) is 0 Å². The zero-order valence-corrected chi connectivity index (χ0v) is 6.99. The molecule has 0 amide bonds. The third kappa shape index (κ3) is 2.75. The Morgan fingerprint density at radius 1 is 1.75 bits per heavy atom. The Kier molecular flexibility index (Phi) is 2.88. The van der Waals surface area contributed by atoms with Gasteiger partial charge in [-0.3, -0.25) is 0 Å². The van der Waals surface area contributed by atoms with Crippen LogP contribution in [0.25, 0.3) is 0 Å². The average molecular weight is 167 g/mol. The molecule has 1 heterocycles. The summed E-state index contributed by atoms with van der Waals surface area (Å²) < 4.78 is 0. The van der Waals surface area contributed by atoms with Crippen LogP contribution in [0.4, 0.5) is 11.5 Å². The van der Waals surface area contributed by atoms with Crippen LogP contribution >= 0.6 is 0 Å². The number of hydrogen-bond donors (Lipinski definition) is 3. The summed E-state index contributed by atoms with van der Waals surface area (Å²) in [5.74, 6) is 0.691. The van der Waals surface area contributed by atoms with Gasteiger partial charge in [0.1, 0.15) is 5.82 Å². The molecule has 1 aromatic heterocycles. The maximum Gasteiger partial charge on any atom is 0.128 e. The molecule has 4 N–H and O–H groups in total. The lowest BCUT2D eigenvalue weighted by Gasteiger charge is -2.07. The maximum absolute atomic E-state index is 8.96. The van der Waals surface area contributed by atoms with Crippen LogP contribution in [0, 0.1) is 0 Å². The van der Waals surface area contributed by atoms with E-state index < -0.39 is 0 Å². The van der Waals surface area contributed by atoms with E-state index >= 15 is 0 Å². The van der Waals surface area contributed by atoms with Crippen molar-refractivity contribution in [3.63, 3.8) is 0 Å². The third-order valence-corrected chi connectivity index (χ3v) is 1.36. The first-order chi connectivity index (χ1) is 5.68. The molecule has 0 aliphatic rings. The van der Waals surface area contributed by atoms with Crippen molar-refractivity contribution in [3.05, 3.63) is 18.3 Å². The van der Waals surface area contributed by atoms with Gasteiger partial charge >= 0.3 is 0 Å². The first-order valence-corrected chi connectivity index (χ1v) is 3.82. The normalized spacial score (nSPS) is 12.5. The monoisotopic (exact) mass is 167 g/mol. The Morgan fingerprint density at radius 2 is 2.50 bits per heavy atom. The van der Waals surface area contributed by atoms with Gasteiger partial charge in [-0.25, -0.2) is 4.98 Å². The molecular weight excluding hydrogens is 154 g/mol. The summed E-state index contributed by atoms with van der Waals surface area (Å²) >= 11 is 0. The molecular formula is C8H13N3O. The van der Waals surface area contributed by atoms with Crippen LogP contribution < -0.4 is 11.1 Å². The van der Waals surface area contributed by atoms with E-state index in [0.29, 0.717) is 18.1 Å². The molecule has 0 aliphatic heterocycles. The maximum atomic E-state index is 8.96. The van der Waals surface area contributed by atoms with E-state index in [4.69, 9.17) is 10.8 Å². The number of nitrogen functional groups attached to an aromatic ring is 1. The number of anilines is 2. The largest absolute Gasteiger partial charge is 0.399 e. The third-order valence-electron chi connectivity index (χ3n) is 1.36. The van der Waals surface area contributed by atoms with E-state index in [-0.39, 0.29) is 6.10 Å². The molecule has 0 fully saturated rings. The van der Waals surface area contributed by atoms with Gasteiger partial charge in [-0.2, -0.15) is 0 Å². The lowest BCUT2D eigenvalue weighted by atomic mass is 10.3. The van der Waals surface area contributed by atoms with Crippen LogP contribution in [-0.2, 0) is 0 Å². The molecule has 1 atom stereocenters. The van der Waals surface area contributed by atoms with Gasteiger partial charge in [0.15, 0.2) is 0 Å². The molecule has 0 bridgehead atoms. The number of nitrogens with one attached hydrogen (secondary N) is 1. The van der Waals surface area contributed by atoms with Gasteiger partial charge < -0.3 is 16.2 Å². The van der Waals surface area contributed by atoms with Crippen molar-refractivity contribution in [2.24, 2.45) is 0 Å². The molecule has 12 heavy (non-hydrogen) atoms. The Hall–Kier alpha value is -1.29. The minimum absolute atomic E-state index is 0.381. The Bertz CT molecular complexity index is 250. The Balaban J connectivity index is 2.52. The van der Waals surface area contributed by atoms with E-state index in [1.807, 2.05) is 0 Å². The lowest BCUT2D eigenvalue weighted by Crippen LogP contribution is -2.15. The lowest BCUT2D eigenvalue weighted by molar-refractivity contribution is 0.208. The number of aliphatic hydroxyl groups excluding tert-OH is 1. The first kappa shape index (κ1) is 8.80. The van der Waals surface area contributed by atoms with Crippen molar-refractivity contribution in [2.75, 3.05) is 17.6 Å². The number of pyridine rings is 1. The van der Waals surface area contributed by atoms with Crippen LogP contribution in [-0.4, -0.2) is 22.7 Å². The van der Waals surface area contributed by atoms with E-state index in [9.17, 15) is 0 Å². The van der Waals surface area contributed by atoms with Crippen molar-refractivity contribution in [3.8, 4) is 0 Å². The Labute approximate surface area is 71.4 Å². The number of rotatable bonds is 3. The van der Waals surface area contributed by atoms with Crippen molar-refractivity contribution in [2.45, 2.75) is 13.0 Å². The SMILES string of the molecule is CC(O)CNc1cc(N)ccn1. The van der Waals surface area contributed by atoms with Crippen LogP contribution in [0.2, 0.25) is 0 Å². The molecule has 0 radical (unpaired) electrons. The summed E-state index contributed by atoms with van der Waals surface area (Å²) in [6.07, 6.45) is 1.24. The highest BCUT2D eigenvalue weighted by Gasteiger charge is 1.96. The highest BCUT2D eigenvalue weighted by Crippen LogP contribution is 2.07. The highest BCUT2D eigenvalue weighted by atomic mass is 16.3. The number of nitrogens with zero attached hydrogens (tertiary/aromatic N) is 1. The van der Waals surface area contributed by atoms with Crippen molar-refractivity contribution in [1.82, 2.24) is 4.98 Å². The second kappa shape index (κ2) is 3.92. The van der Waals surface area contributed by atoms with Gasteiger partial charge in [-0.1, -0.05) is 0 Å². The molecule has 0 spiro atoms. The fourth-order valence-corrected chi connectivity index (χ4v) is 0.796. The predicted octanol–water partition coefficient (Wildman–Crippen LogP) is 0.456. The number of aromatic nitrogens is 1. The zero-order chi connectivity index (χ0) is 8.97. The predicted molar refractivity (Wildman–Crippen MR) is 48.8 cm³/mol. The van der Waals surface area contributed by atoms with E-state index in [1.54, 1.807) is 25.3 Å². The summed E-state index contributed by atoms with van der Waals surface area (Å²) in [5, 5.41) is 11.9. The van der Waals surface area contributed by atoms with Crippen molar-refractivity contribution < 1.29 is 5.11 Å². The summed E-state index contributed by atoms with van der Waals surface area (Å²) in [7, 11) is 0. The minimum Gasteiger partial charge on any atom is -0.399 e. The average Bonchev–Trinajstić information content (AvgIpc) is 2.01. The summed E-state index contributed by atoms with van der Waals surface area (Å²) in [5.41, 5.74) is 6.19. The van der Waals surface area contributed by atoms with Gasteiger partial charge in [-0.15, -0.1) is 0 Å². The molecule has 0 saturated heterocycles. The zero-order valence-electron chi connectivity index (χ0n) is 6.99. The molecule has 1 aromatic rings. The molecule has 0 aromatic carbocycles. The quantitative estimate of drug-likeness (QED) is 0.611. The van der Waals surface area contributed by atoms with Crippen LogP contribution in [0.15, 0.2) is 18.3 Å². The van der Waals surface area contributed by atoms with E-state index in [2.05, 4.69) is 10.3 Å². The second-order valence-corrected chi connectivity index (χ2v) is 2.70. The van der Waals surface area contributed by atoms with Crippen LogP contribution in [0.3, 0.4) is 0 Å². The summed E-state index contributed by atoms with van der Waals surface area (Å²) in [6.45, 7) is 2.19. The van der Waals surface area contributed by atoms with E-state index in [1.165, 1.54) is 0 Å².